The van der Waals surface area contributed by atoms with Crippen molar-refractivity contribution in [1.29, 1.82) is 0 Å². The Morgan fingerprint density at radius 3 is 2.72 bits per heavy atom. The van der Waals surface area contributed by atoms with Gasteiger partial charge in [0.2, 0.25) is 5.91 Å². The summed E-state index contributed by atoms with van der Waals surface area (Å²) < 4.78 is 0. The summed E-state index contributed by atoms with van der Waals surface area (Å²) in [6.07, 6.45) is 3.46. The van der Waals surface area contributed by atoms with E-state index in [4.69, 9.17) is 0 Å². The number of hydrogen-bond acceptors (Lipinski definition) is 5. The van der Waals surface area contributed by atoms with Gasteiger partial charge in [0.05, 0.1) is 11.4 Å². The molecule has 1 amide bonds. The van der Waals surface area contributed by atoms with E-state index in [0.717, 1.165) is 28.1 Å². The van der Waals surface area contributed by atoms with Gasteiger partial charge in [-0.1, -0.05) is 23.9 Å². The first-order valence-corrected chi connectivity index (χ1v) is 8.84. The molecule has 0 radical (unpaired) electrons. The van der Waals surface area contributed by atoms with E-state index in [-0.39, 0.29) is 11.7 Å². The van der Waals surface area contributed by atoms with Gasteiger partial charge in [0, 0.05) is 23.6 Å². The molecule has 0 fully saturated rings. The number of anilines is 1. The number of pyridine rings is 1. The molecule has 0 spiro atoms. The van der Waals surface area contributed by atoms with Gasteiger partial charge in [-0.05, 0) is 55.3 Å². The van der Waals surface area contributed by atoms with Crippen molar-refractivity contribution < 1.29 is 4.79 Å². The number of hydrogen-bond donors (Lipinski definition) is 1. The zero-order valence-electron chi connectivity index (χ0n) is 14.1. The highest BCUT2D eigenvalue weighted by Crippen LogP contribution is 2.20. The first-order chi connectivity index (χ1) is 12.1. The number of amides is 1. The van der Waals surface area contributed by atoms with Crippen molar-refractivity contribution in [2.45, 2.75) is 18.9 Å². The molecule has 1 N–H and O–H groups in total. The van der Waals surface area contributed by atoms with Crippen molar-refractivity contribution in [3.63, 3.8) is 0 Å². The number of aromatic nitrogens is 3. The molecule has 3 rings (SSSR count). The summed E-state index contributed by atoms with van der Waals surface area (Å²) in [5.41, 5.74) is 4.69. The van der Waals surface area contributed by atoms with Gasteiger partial charge in [-0.15, -0.1) is 10.2 Å². The van der Waals surface area contributed by atoms with Gasteiger partial charge in [0.25, 0.3) is 0 Å². The normalized spacial score (nSPS) is 10.5. The van der Waals surface area contributed by atoms with E-state index >= 15 is 0 Å². The van der Waals surface area contributed by atoms with Crippen LogP contribution in [0.1, 0.15) is 11.1 Å². The van der Waals surface area contributed by atoms with Gasteiger partial charge in [0.1, 0.15) is 5.03 Å². The van der Waals surface area contributed by atoms with Crippen LogP contribution in [0.4, 0.5) is 5.69 Å². The van der Waals surface area contributed by atoms with Crippen molar-refractivity contribution in [2.24, 2.45) is 0 Å². The van der Waals surface area contributed by atoms with Crippen molar-refractivity contribution in [1.82, 2.24) is 15.2 Å². The summed E-state index contributed by atoms with van der Waals surface area (Å²) in [5, 5.41) is 12.0. The number of nitrogens with zero attached hydrogens (tertiary/aromatic N) is 3. The van der Waals surface area contributed by atoms with E-state index in [1.54, 1.807) is 12.4 Å². The molecule has 25 heavy (non-hydrogen) atoms. The standard InChI is InChI=1S/C19H18N4OS/c1-13-5-6-14(2)17(10-13)21-18(24)12-25-19-8-7-16(22-23-19)15-4-3-9-20-11-15/h3-11H,12H2,1-2H3,(H,21,24). The van der Waals surface area contributed by atoms with Crippen LogP contribution in [-0.2, 0) is 4.79 Å². The first-order valence-electron chi connectivity index (χ1n) is 7.86. The van der Waals surface area contributed by atoms with Crippen LogP contribution >= 0.6 is 11.8 Å². The lowest BCUT2D eigenvalue weighted by Gasteiger charge is -2.09. The average Bonchev–Trinajstić information content (AvgIpc) is 2.64. The SMILES string of the molecule is Cc1ccc(C)c(NC(=O)CSc2ccc(-c3cccnc3)nn2)c1. The minimum absolute atomic E-state index is 0.0585. The lowest BCUT2D eigenvalue weighted by molar-refractivity contribution is -0.113. The number of rotatable bonds is 5. The molecule has 0 saturated heterocycles. The molecule has 2 aromatic heterocycles. The van der Waals surface area contributed by atoms with Gasteiger partial charge in [-0.2, -0.15) is 0 Å². The van der Waals surface area contributed by atoms with Crippen LogP contribution in [0.25, 0.3) is 11.3 Å². The van der Waals surface area contributed by atoms with Gasteiger partial charge in [0.15, 0.2) is 0 Å². The van der Waals surface area contributed by atoms with E-state index in [1.165, 1.54) is 11.8 Å². The highest BCUT2D eigenvalue weighted by molar-refractivity contribution is 7.99. The second-order valence-corrected chi connectivity index (χ2v) is 6.65. The van der Waals surface area contributed by atoms with Crippen molar-refractivity contribution in [2.75, 3.05) is 11.1 Å². The Labute approximate surface area is 150 Å². The lowest BCUT2D eigenvalue weighted by atomic mass is 10.1. The largest absolute Gasteiger partial charge is 0.325 e. The Kier molecular flexibility index (Phi) is 5.40. The molecule has 3 aromatic rings. The third kappa shape index (κ3) is 4.64. The summed E-state index contributed by atoms with van der Waals surface area (Å²) >= 11 is 1.36. The smallest absolute Gasteiger partial charge is 0.234 e. The molecule has 5 nitrogen and oxygen atoms in total. The zero-order valence-corrected chi connectivity index (χ0v) is 14.9. The third-order valence-corrected chi connectivity index (χ3v) is 4.54. The minimum atomic E-state index is -0.0585. The summed E-state index contributed by atoms with van der Waals surface area (Å²) in [4.78, 5) is 16.2. The molecule has 0 bridgehead atoms. The quantitative estimate of drug-likeness (QED) is 0.707. The van der Waals surface area contributed by atoms with Gasteiger partial charge < -0.3 is 5.32 Å². The first kappa shape index (κ1) is 17.1. The van der Waals surface area contributed by atoms with E-state index in [0.29, 0.717) is 5.03 Å². The van der Waals surface area contributed by atoms with Crippen molar-refractivity contribution in [3.05, 3.63) is 66.0 Å². The van der Waals surface area contributed by atoms with Gasteiger partial charge in [-0.3, -0.25) is 9.78 Å². The van der Waals surface area contributed by atoms with Gasteiger partial charge >= 0.3 is 0 Å². The molecule has 0 unspecified atom stereocenters. The van der Waals surface area contributed by atoms with E-state index in [1.807, 2.05) is 56.3 Å². The predicted octanol–water partition coefficient (Wildman–Crippen LogP) is 3.89. The molecular weight excluding hydrogens is 332 g/mol. The Bertz CT molecular complexity index is 866. The van der Waals surface area contributed by atoms with Crippen molar-refractivity contribution in [3.8, 4) is 11.3 Å². The van der Waals surface area contributed by atoms with Gasteiger partial charge in [-0.25, -0.2) is 0 Å². The molecular formula is C19H18N4OS. The Balaban J connectivity index is 1.58. The lowest BCUT2D eigenvalue weighted by Crippen LogP contribution is -2.15. The number of aryl methyl sites for hydroxylation is 2. The fourth-order valence-electron chi connectivity index (χ4n) is 2.26. The summed E-state index contributed by atoms with van der Waals surface area (Å²) in [7, 11) is 0. The Morgan fingerprint density at radius 2 is 2.00 bits per heavy atom. The number of benzene rings is 1. The summed E-state index contributed by atoms with van der Waals surface area (Å²) in [6.45, 7) is 3.98. The monoisotopic (exact) mass is 350 g/mol. The fraction of sp³-hybridized carbons (Fsp3) is 0.158. The molecule has 6 heteroatoms. The second kappa shape index (κ2) is 7.90. The Hall–Kier alpha value is -2.73. The van der Waals surface area contributed by atoms with E-state index in [2.05, 4.69) is 20.5 Å². The summed E-state index contributed by atoms with van der Waals surface area (Å²) in [6, 6.07) is 13.5. The number of nitrogens with one attached hydrogen (secondary N) is 1. The topological polar surface area (TPSA) is 67.8 Å². The van der Waals surface area contributed by atoms with E-state index < -0.39 is 0 Å². The van der Waals surface area contributed by atoms with Crippen LogP contribution in [0, 0.1) is 13.8 Å². The zero-order chi connectivity index (χ0) is 17.6. The summed E-state index contributed by atoms with van der Waals surface area (Å²) in [5.74, 6) is 0.228. The third-order valence-electron chi connectivity index (χ3n) is 3.62. The van der Waals surface area contributed by atoms with Crippen LogP contribution in [-0.4, -0.2) is 26.8 Å². The molecule has 0 atom stereocenters. The maximum absolute atomic E-state index is 12.1. The molecule has 2 heterocycles. The predicted molar refractivity (Wildman–Crippen MR) is 101 cm³/mol. The Morgan fingerprint density at radius 1 is 1.12 bits per heavy atom. The van der Waals surface area contributed by atoms with E-state index in [9.17, 15) is 4.79 Å². The number of carbonyl (C=O) groups is 1. The second-order valence-electron chi connectivity index (χ2n) is 5.65. The highest BCUT2D eigenvalue weighted by atomic mass is 32.2. The molecule has 1 aromatic carbocycles. The van der Waals surface area contributed by atoms with Crippen LogP contribution in [0.3, 0.4) is 0 Å². The maximum atomic E-state index is 12.1. The molecule has 0 aliphatic heterocycles. The van der Waals surface area contributed by atoms with Crippen LogP contribution in [0.15, 0.2) is 59.9 Å². The van der Waals surface area contributed by atoms with Crippen LogP contribution in [0.2, 0.25) is 0 Å². The molecule has 0 aliphatic carbocycles. The minimum Gasteiger partial charge on any atom is -0.325 e. The highest BCUT2D eigenvalue weighted by Gasteiger charge is 2.08. The molecule has 0 aliphatic rings. The van der Waals surface area contributed by atoms with Crippen molar-refractivity contribution >= 4 is 23.4 Å². The van der Waals surface area contributed by atoms with Crippen LogP contribution in [0.5, 0.6) is 0 Å². The fourth-order valence-corrected chi connectivity index (χ4v) is 2.88. The number of carbonyl (C=O) groups excluding carboxylic acids is 1. The van der Waals surface area contributed by atoms with Crippen LogP contribution < -0.4 is 5.32 Å². The molecule has 126 valence electrons. The molecule has 0 saturated carbocycles. The average molecular weight is 350 g/mol. The maximum Gasteiger partial charge on any atom is 0.234 e. The number of thioether (sulfide) groups is 1.